The number of para-hydroxylation sites is 1. The van der Waals surface area contributed by atoms with Gasteiger partial charge in [0.05, 0.1) is 5.41 Å². The normalized spacial score (nSPS) is 11.0. The van der Waals surface area contributed by atoms with Gasteiger partial charge >= 0.3 is 5.97 Å². The first-order chi connectivity index (χ1) is 10.9. The van der Waals surface area contributed by atoms with E-state index in [-0.39, 0.29) is 12.7 Å². The summed E-state index contributed by atoms with van der Waals surface area (Å²) in [6.45, 7) is 5.73. The maximum Gasteiger partial charge on any atom is 0.312 e. The summed E-state index contributed by atoms with van der Waals surface area (Å²) < 4.78 is 11.1. The highest BCUT2D eigenvalue weighted by atomic mass is 16.5. The van der Waals surface area contributed by atoms with E-state index in [2.05, 4.69) is 0 Å². The summed E-state index contributed by atoms with van der Waals surface area (Å²) in [4.78, 5) is 13.7. The number of carbonyl (C=O) groups excluding carboxylic acids is 1. The summed E-state index contributed by atoms with van der Waals surface area (Å²) in [6.07, 6.45) is 0. The van der Waals surface area contributed by atoms with Crippen molar-refractivity contribution in [3.63, 3.8) is 0 Å². The summed E-state index contributed by atoms with van der Waals surface area (Å²) in [6, 6.07) is 17.3. The highest BCUT2D eigenvalue weighted by Gasteiger charge is 2.23. The molecule has 0 aromatic heterocycles. The Hall–Kier alpha value is -2.49. The number of carbonyl (C=O) groups is 1. The maximum absolute atomic E-state index is 11.8. The first-order valence-electron chi connectivity index (χ1n) is 7.57. The number of hydrogen-bond donors (Lipinski definition) is 0. The molecule has 2 rings (SSSR count). The van der Waals surface area contributed by atoms with Gasteiger partial charge in [-0.05, 0) is 57.2 Å². The second-order valence-corrected chi connectivity index (χ2v) is 6.42. The zero-order chi connectivity index (χ0) is 16.9. The van der Waals surface area contributed by atoms with Crippen LogP contribution in [0, 0.1) is 5.41 Å². The molecule has 2 aromatic rings. The monoisotopic (exact) mass is 313 g/mol. The summed E-state index contributed by atoms with van der Waals surface area (Å²) >= 11 is 0. The Labute approximate surface area is 137 Å². The zero-order valence-electron chi connectivity index (χ0n) is 14.1. The van der Waals surface area contributed by atoms with Crippen LogP contribution in [0.4, 0.5) is 5.69 Å². The molecule has 0 heterocycles. The molecule has 0 atom stereocenters. The van der Waals surface area contributed by atoms with Crippen molar-refractivity contribution in [3.8, 4) is 11.5 Å². The van der Waals surface area contributed by atoms with Gasteiger partial charge in [-0.2, -0.15) is 0 Å². The summed E-state index contributed by atoms with van der Waals surface area (Å²) in [7, 11) is 1.88. The predicted molar refractivity (Wildman–Crippen MR) is 91.8 cm³/mol. The number of hydrogen-bond acceptors (Lipinski definition) is 4. The van der Waals surface area contributed by atoms with Gasteiger partial charge in [-0.15, -0.1) is 0 Å². The second kappa shape index (κ2) is 7.18. The van der Waals surface area contributed by atoms with E-state index in [9.17, 15) is 4.79 Å². The van der Waals surface area contributed by atoms with E-state index < -0.39 is 5.41 Å². The van der Waals surface area contributed by atoms with Crippen LogP contribution in [0.3, 0.4) is 0 Å². The molecule has 0 aliphatic heterocycles. The van der Waals surface area contributed by atoms with Gasteiger partial charge in [0.25, 0.3) is 0 Å². The van der Waals surface area contributed by atoms with Crippen molar-refractivity contribution < 1.29 is 14.3 Å². The molecule has 23 heavy (non-hydrogen) atoms. The standard InChI is InChI=1S/C19H23NO3/c1-19(2,3)18(21)22-14-20(4)15-10-12-17(13-11-15)23-16-8-6-5-7-9-16/h5-13H,14H2,1-4H3. The lowest BCUT2D eigenvalue weighted by Crippen LogP contribution is -2.29. The Morgan fingerprint density at radius 3 is 2.09 bits per heavy atom. The minimum absolute atomic E-state index is 0.214. The van der Waals surface area contributed by atoms with E-state index in [1.54, 1.807) is 0 Å². The highest BCUT2D eigenvalue weighted by molar-refractivity contribution is 5.75. The second-order valence-electron chi connectivity index (χ2n) is 6.42. The fourth-order valence-electron chi connectivity index (χ4n) is 1.84. The molecule has 0 aliphatic rings. The highest BCUT2D eigenvalue weighted by Crippen LogP contribution is 2.24. The summed E-state index contributed by atoms with van der Waals surface area (Å²) in [5.41, 5.74) is 0.459. The van der Waals surface area contributed by atoms with Gasteiger partial charge in [-0.25, -0.2) is 0 Å². The fourth-order valence-corrected chi connectivity index (χ4v) is 1.84. The Balaban J connectivity index is 1.92. The number of rotatable bonds is 5. The first-order valence-corrected chi connectivity index (χ1v) is 7.57. The van der Waals surface area contributed by atoms with E-state index in [1.807, 2.05) is 87.3 Å². The van der Waals surface area contributed by atoms with E-state index in [0.29, 0.717) is 0 Å². The van der Waals surface area contributed by atoms with Gasteiger partial charge in [0, 0.05) is 12.7 Å². The molecule has 0 unspecified atom stereocenters. The molecule has 0 amide bonds. The average molecular weight is 313 g/mol. The lowest BCUT2D eigenvalue weighted by molar-refractivity contribution is -0.152. The largest absolute Gasteiger partial charge is 0.457 e. The van der Waals surface area contributed by atoms with Gasteiger partial charge in [0.15, 0.2) is 6.73 Å². The lowest BCUT2D eigenvalue weighted by atomic mass is 9.98. The molecule has 0 radical (unpaired) electrons. The first kappa shape index (κ1) is 16.9. The fraction of sp³-hybridized carbons (Fsp3) is 0.316. The van der Waals surface area contributed by atoms with Crippen molar-refractivity contribution in [2.75, 3.05) is 18.7 Å². The van der Waals surface area contributed by atoms with E-state index in [1.165, 1.54) is 0 Å². The van der Waals surface area contributed by atoms with Gasteiger partial charge in [0.2, 0.25) is 0 Å². The molecule has 122 valence electrons. The number of esters is 1. The third kappa shape index (κ3) is 5.02. The van der Waals surface area contributed by atoms with Crippen LogP contribution in [-0.2, 0) is 9.53 Å². The van der Waals surface area contributed by atoms with Crippen LogP contribution in [0.2, 0.25) is 0 Å². The average Bonchev–Trinajstić information content (AvgIpc) is 2.53. The van der Waals surface area contributed by atoms with E-state index >= 15 is 0 Å². The molecular weight excluding hydrogens is 290 g/mol. The van der Waals surface area contributed by atoms with E-state index in [0.717, 1.165) is 17.2 Å². The molecule has 0 aliphatic carbocycles. The van der Waals surface area contributed by atoms with Crippen molar-refractivity contribution in [3.05, 3.63) is 54.6 Å². The van der Waals surface area contributed by atoms with Crippen LogP contribution in [0.1, 0.15) is 20.8 Å². The Morgan fingerprint density at radius 1 is 0.957 bits per heavy atom. The van der Waals surface area contributed by atoms with Crippen molar-refractivity contribution in [2.45, 2.75) is 20.8 Å². The number of anilines is 1. The van der Waals surface area contributed by atoms with Crippen molar-refractivity contribution in [1.82, 2.24) is 0 Å². The number of nitrogens with zero attached hydrogens (tertiary/aromatic N) is 1. The zero-order valence-corrected chi connectivity index (χ0v) is 14.1. The molecule has 0 fully saturated rings. The van der Waals surface area contributed by atoms with Crippen molar-refractivity contribution >= 4 is 11.7 Å². The maximum atomic E-state index is 11.8. The molecule has 0 saturated heterocycles. The molecule has 2 aromatic carbocycles. The summed E-state index contributed by atoms with van der Waals surface area (Å²) in [5, 5.41) is 0. The minimum atomic E-state index is -0.492. The Kier molecular flexibility index (Phi) is 5.27. The van der Waals surface area contributed by atoms with Gasteiger partial charge in [-0.3, -0.25) is 4.79 Å². The molecule has 0 spiro atoms. The van der Waals surface area contributed by atoms with Crippen LogP contribution in [0.15, 0.2) is 54.6 Å². The van der Waals surface area contributed by atoms with Crippen molar-refractivity contribution in [2.24, 2.45) is 5.41 Å². The molecule has 0 N–H and O–H groups in total. The molecule has 0 bridgehead atoms. The van der Waals surface area contributed by atoms with Crippen LogP contribution in [0.25, 0.3) is 0 Å². The van der Waals surface area contributed by atoms with Crippen LogP contribution >= 0.6 is 0 Å². The smallest absolute Gasteiger partial charge is 0.312 e. The Bertz CT molecular complexity index is 630. The van der Waals surface area contributed by atoms with Crippen LogP contribution < -0.4 is 9.64 Å². The SMILES string of the molecule is CN(COC(=O)C(C)(C)C)c1ccc(Oc2ccccc2)cc1. The van der Waals surface area contributed by atoms with Crippen LogP contribution in [0.5, 0.6) is 11.5 Å². The predicted octanol–water partition coefficient (Wildman–Crippen LogP) is 4.46. The number of benzene rings is 2. The van der Waals surface area contributed by atoms with Crippen molar-refractivity contribution in [1.29, 1.82) is 0 Å². The van der Waals surface area contributed by atoms with Crippen LogP contribution in [-0.4, -0.2) is 19.7 Å². The summed E-state index contributed by atoms with van der Waals surface area (Å²) in [5.74, 6) is 1.35. The third-order valence-corrected chi connectivity index (χ3v) is 3.26. The molecular formula is C19H23NO3. The lowest BCUT2D eigenvalue weighted by Gasteiger charge is -2.22. The van der Waals surface area contributed by atoms with Gasteiger partial charge in [0.1, 0.15) is 11.5 Å². The molecule has 0 saturated carbocycles. The van der Waals surface area contributed by atoms with Gasteiger partial charge < -0.3 is 14.4 Å². The van der Waals surface area contributed by atoms with Gasteiger partial charge in [-0.1, -0.05) is 18.2 Å². The quantitative estimate of drug-likeness (QED) is 0.603. The molecule has 4 heteroatoms. The Morgan fingerprint density at radius 2 is 1.52 bits per heavy atom. The topological polar surface area (TPSA) is 38.8 Å². The van der Waals surface area contributed by atoms with E-state index in [4.69, 9.17) is 9.47 Å². The molecule has 4 nitrogen and oxygen atoms in total. The minimum Gasteiger partial charge on any atom is -0.457 e. The third-order valence-electron chi connectivity index (χ3n) is 3.26. The number of ether oxygens (including phenoxy) is 2.